The molecule has 136 heavy (non-hydrogen) atoms. The van der Waals surface area contributed by atoms with Gasteiger partial charge < -0.3 is 60.1 Å². The van der Waals surface area contributed by atoms with Gasteiger partial charge in [0, 0.05) is 94.1 Å². The van der Waals surface area contributed by atoms with E-state index >= 15 is 0 Å². The second-order valence-electron chi connectivity index (χ2n) is 35.5. The van der Waals surface area contributed by atoms with Gasteiger partial charge in [0.05, 0.1) is 88.6 Å². The van der Waals surface area contributed by atoms with Crippen molar-refractivity contribution in [3.05, 3.63) is 419 Å². The quantitative estimate of drug-likeness (QED) is 0.149. The number of para-hydroxylation sites is 18. The van der Waals surface area contributed by atoms with Gasteiger partial charge in [-0.3, -0.25) is 0 Å². The molecule has 13 heterocycles. The molecule has 0 bridgehead atoms. The molecule has 7 aromatic heterocycles. The number of aromatic nitrogens is 10. The predicted octanol–water partition coefficient (Wildman–Crippen LogP) is 24.4. The molecule has 0 fully saturated rings. The van der Waals surface area contributed by atoms with Gasteiger partial charge in [-0.1, -0.05) is 255 Å². The fraction of sp³-hybridized carbons (Fsp3) is 0. The Balaban J connectivity index is 0.0000000973. The number of nitrogens with zero attached hydrogens (tertiary/aromatic N) is 10. The van der Waals surface area contributed by atoms with Crippen molar-refractivity contribution < 1.29 is 28.4 Å². The lowest BCUT2D eigenvalue weighted by Crippen LogP contribution is -2.54. The molecule has 0 saturated carbocycles. The summed E-state index contributed by atoms with van der Waals surface area (Å²) in [6.07, 6.45) is 0. The zero-order valence-electron chi connectivity index (χ0n) is 72.5. The lowest BCUT2D eigenvalue weighted by atomic mass is 9.48. The molecule has 0 N–H and O–H groups in total. The van der Waals surface area contributed by atoms with Gasteiger partial charge in [-0.2, -0.15) is 15.0 Å². The van der Waals surface area contributed by atoms with Crippen LogP contribution in [0.15, 0.2) is 419 Å². The number of rotatable bonds is 6. The summed E-state index contributed by atoms with van der Waals surface area (Å²) in [5.41, 5.74) is 30.0. The Kier molecular flexibility index (Phi) is 15.7. The van der Waals surface area contributed by atoms with Crippen LogP contribution in [0.3, 0.4) is 0 Å². The lowest BCUT2D eigenvalue weighted by Gasteiger charge is -2.33. The zero-order chi connectivity index (χ0) is 88.6. The van der Waals surface area contributed by atoms with Crippen molar-refractivity contribution in [2.75, 3.05) is 0 Å². The van der Waals surface area contributed by atoms with Crippen LogP contribution in [-0.2, 0) is 0 Å². The fourth-order valence-electron chi connectivity index (χ4n) is 22.7. The number of hydrogen-bond acceptors (Lipinski definition) is 9. The van der Waals surface area contributed by atoms with Gasteiger partial charge in [0.15, 0.2) is 0 Å². The SMILES string of the molecule is c1ccc(-n2c3ccccc3c3cccc(-c4cc5c6c(c4)Oc4nc7ccccc7n4B6c4ccccc4O5)c32)cc1.c1ccc2c(c1)Oc1cc(-c3ccccc3-n3c4ccccc4c4ccccc43)cc3c1B2n1c(nc2ccccc21)O3.c1ccc2c(c1)Oc1cc(-n3c4ccccc4c4cc(-n5c6ccccc6c6ccccc65)ccc43)cc3c1B2n1c(nc2ccccc21)O3. The maximum atomic E-state index is 6.71. The molecule has 26 aromatic rings. The average molecular weight is 1740 g/mol. The minimum absolute atomic E-state index is 0.104. The van der Waals surface area contributed by atoms with E-state index in [1.54, 1.807) is 0 Å². The van der Waals surface area contributed by atoms with Crippen LogP contribution in [-0.4, -0.2) is 67.2 Å². The second-order valence-corrected chi connectivity index (χ2v) is 35.5. The third kappa shape index (κ3) is 10.8. The van der Waals surface area contributed by atoms with Gasteiger partial charge >= 0.3 is 20.5 Å². The molecule has 0 amide bonds. The maximum absolute atomic E-state index is 6.71. The molecule has 0 saturated heterocycles. The Morgan fingerprint density at radius 1 is 0.191 bits per heavy atom. The van der Waals surface area contributed by atoms with Crippen molar-refractivity contribution in [1.29, 1.82) is 0 Å². The molecule has 19 aromatic carbocycles. The molecule has 6 aliphatic rings. The number of fused-ring (bicyclic) bond motifs is 30. The molecular formula is C117H69B3N10O6. The van der Waals surface area contributed by atoms with Crippen LogP contribution in [0.5, 0.6) is 69.8 Å². The van der Waals surface area contributed by atoms with Crippen LogP contribution >= 0.6 is 0 Å². The van der Waals surface area contributed by atoms with E-state index in [0.29, 0.717) is 18.0 Å². The Bertz CT molecular complexity index is 9580. The van der Waals surface area contributed by atoms with Gasteiger partial charge in [0.1, 0.15) is 51.7 Å². The molecule has 16 nitrogen and oxygen atoms in total. The highest BCUT2D eigenvalue weighted by molar-refractivity contribution is 6.88. The van der Waals surface area contributed by atoms with E-state index in [2.05, 4.69) is 377 Å². The first-order valence-electron chi connectivity index (χ1n) is 45.9. The van der Waals surface area contributed by atoms with E-state index in [-0.39, 0.29) is 20.5 Å². The van der Waals surface area contributed by atoms with Crippen molar-refractivity contribution in [2.45, 2.75) is 0 Å². The van der Waals surface area contributed by atoms with Gasteiger partial charge in [0.25, 0.3) is 18.0 Å². The molecule has 6 aliphatic heterocycles. The summed E-state index contributed by atoms with van der Waals surface area (Å²) < 4.78 is 56.0. The van der Waals surface area contributed by atoms with E-state index < -0.39 is 0 Å². The smallest absolute Gasteiger partial charge is 0.344 e. The largest absolute Gasteiger partial charge is 0.458 e. The predicted molar refractivity (Wildman–Crippen MR) is 548 cm³/mol. The molecule has 0 unspecified atom stereocenters. The van der Waals surface area contributed by atoms with Gasteiger partial charge in [-0.15, -0.1) is 0 Å². The van der Waals surface area contributed by atoms with Gasteiger partial charge in [-0.05, 0) is 179 Å². The van der Waals surface area contributed by atoms with Crippen molar-refractivity contribution in [1.82, 2.24) is 46.7 Å². The molecule has 0 radical (unpaired) electrons. The first-order valence-corrected chi connectivity index (χ1v) is 45.9. The molecule has 632 valence electrons. The monoisotopic (exact) mass is 1740 g/mol. The highest BCUT2D eigenvalue weighted by Crippen LogP contribution is 2.50. The van der Waals surface area contributed by atoms with Crippen LogP contribution in [0.4, 0.5) is 0 Å². The Morgan fingerprint density at radius 2 is 0.507 bits per heavy atom. The number of benzene rings is 19. The van der Waals surface area contributed by atoms with E-state index in [9.17, 15) is 0 Å². The van der Waals surface area contributed by atoms with Gasteiger partial charge in [-0.25, -0.2) is 0 Å². The molecule has 0 atom stereocenters. The van der Waals surface area contributed by atoms with E-state index in [1.165, 1.54) is 70.7 Å². The minimum atomic E-state index is -0.123. The average Bonchev–Trinajstić information content (AvgIpc) is 1.45. The third-order valence-corrected chi connectivity index (χ3v) is 28.3. The Hall–Kier alpha value is -18.2. The van der Waals surface area contributed by atoms with Gasteiger partial charge in [0.2, 0.25) is 0 Å². The molecule has 19 heteroatoms. The van der Waals surface area contributed by atoms with E-state index in [1.807, 2.05) is 72.8 Å². The lowest BCUT2D eigenvalue weighted by molar-refractivity contribution is 0.428. The van der Waals surface area contributed by atoms with Crippen LogP contribution in [0.1, 0.15) is 0 Å². The molecule has 32 rings (SSSR count). The summed E-state index contributed by atoms with van der Waals surface area (Å²) in [6, 6.07) is 149. The van der Waals surface area contributed by atoms with Crippen LogP contribution in [0, 0.1) is 0 Å². The maximum Gasteiger partial charge on any atom is 0.344 e. The molecule has 0 aliphatic carbocycles. The van der Waals surface area contributed by atoms with E-state index in [0.717, 1.165) is 179 Å². The highest BCUT2D eigenvalue weighted by Gasteiger charge is 2.47. The van der Waals surface area contributed by atoms with Crippen molar-refractivity contribution >= 4 is 174 Å². The highest BCUT2D eigenvalue weighted by atomic mass is 16.5. The first-order chi connectivity index (χ1) is 67.5. The number of hydrogen-bond donors (Lipinski definition) is 0. The Morgan fingerprint density at radius 3 is 0.971 bits per heavy atom. The van der Waals surface area contributed by atoms with Crippen LogP contribution in [0.25, 0.3) is 165 Å². The fourth-order valence-corrected chi connectivity index (χ4v) is 22.7. The summed E-state index contributed by atoms with van der Waals surface area (Å²) >= 11 is 0. The summed E-state index contributed by atoms with van der Waals surface area (Å²) in [4.78, 5) is 14.7. The minimum Gasteiger partial charge on any atom is -0.458 e. The number of ether oxygens (including phenoxy) is 6. The number of imidazole rings is 3. The van der Waals surface area contributed by atoms with Crippen molar-refractivity contribution in [3.63, 3.8) is 0 Å². The summed E-state index contributed by atoms with van der Waals surface area (Å²) in [5, 5.41) is 9.76. The summed E-state index contributed by atoms with van der Waals surface area (Å²) in [6.45, 7) is -0.332. The van der Waals surface area contributed by atoms with Crippen LogP contribution < -0.4 is 61.2 Å². The zero-order valence-corrected chi connectivity index (χ0v) is 72.5. The third-order valence-electron chi connectivity index (χ3n) is 28.3. The van der Waals surface area contributed by atoms with E-state index in [4.69, 9.17) is 43.4 Å². The summed E-state index contributed by atoms with van der Waals surface area (Å²) in [5.74, 6) is 7.24. The van der Waals surface area contributed by atoms with Crippen molar-refractivity contribution in [2.24, 2.45) is 0 Å². The van der Waals surface area contributed by atoms with Crippen molar-refractivity contribution in [3.8, 4) is 115 Å². The molecular weight excluding hydrogens is 1670 g/mol. The Labute approximate surface area is 777 Å². The van der Waals surface area contributed by atoms with Crippen LogP contribution in [0.2, 0.25) is 0 Å². The summed E-state index contributed by atoms with van der Waals surface area (Å²) in [7, 11) is 0. The topological polar surface area (TPSA) is 129 Å². The molecule has 0 spiro atoms. The first kappa shape index (κ1) is 74.6. The second kappa shape index (κ2) is 28.6. The standard InChI is InChI=1S/C43H25BN4O2.2C37H22BN3O2/c1-6-16-34-28(11-1)29-12-2-7-17-35(29)46(34)26-21-22-37-31(23-26)30-13-3-8-18-36(30)47(37)27-24-40-42-41(25-27)50-43-45-33-15-5-9-19-38(33)48(43)44(42)32-14-4-10-20-39(32)49-40;1-6-16-29(40-30-17-7-2-12-25(30)26-13-3-8-18-31(26)40)24(11-1)23-21-34-36-35(22-23)43-37-39-28-15-5-9-19-32(28)41(37)38(36)27-14-4-10-20-33(27)42-34;1-2-11-24(12-3-1)40-30-18-7-4-13-26(30)27-15-10-14-25(36(27)40)23-21-33-35-34(22-23)43-37-39-29-17-6-8-19-31(29)41(37)38(35)28-16-5-9-20-32(28)42-33/h1-25H;2*1-22H. The normalized spacial score (nSPS) is 13.0.